The van der Waals surface area contributed by atoms with Gasteiger partial charge in [-0.05, 0) is 41.5 Å². The summed E-state index contributed by atoms with van der Waals surface area (Å²) in [6, 6.07) is 12.8. The Labute approximate surface area is 168 Å². The van der Waals surface area contributed by atoms with E-state index in [1.54, 1.807) is 29.8 Å². The molecule has 0 amide bonds. The highest BCUT2D eigenvalue weighted by Crippen LogP contribution is 2.30. The third-order valence-corrected chi connectivity index (χ3v) is 5.09. The molecule has 4 aromatic rings. The maximum absolute atomic E-state index is 12.8. The van der Waals surface area contributed by atoms with E-state index in [2.05, 4.69) is 15.3 Å². The van der Waals surface area contributed by atoms with Crippen molar-refractivity contribution in [1.82, 2.24) is 19.8 Å². The van der Waals surface area contributed by atoms with Gasteiger partial charge in [0.2, 0.25) is 4.96 Å². The number of benzene rings is 2. The molecule has 0 spiro atoms. The fraction of sp³-hybridized carbons (Fsp3) is 0.150. The molecule has 29 heavy (non-hydrogen) atoms. The molecule has 0 saturated carbocycles. The molecule has 148 valence electrons. The van der Waals surface area contributed by atoms with Gasteiger partial charge in [-0.1, -0.05) is 41.7 Å². The summed E-state index contributed by atoms with van der Waals surface area (Å²) in [4.78, 5) is 0.622. The van der Waals surface area contributed by atoms with Crippen LogP contribution < -0.4 is 4.74 Å². The SMILES string of the molecule is COc1ccc(Cc2nnc3sc(C=Cc4cccc(C(F)(F)F)c4)nn23)cc1. The van der Waals surface area contributed by atoms with Gasteiger partial charge in [0.05, 0.1) is 12.7 Å². The van der Waals surface area contributed by atoms with Crippen molar-refractivity contribution in [2.45, 2.75) is 12.6 Å². The van der Waals surface area contributed by atoms with Gasteiger partial charge in [-0.3, -0.25) is 0 Å². The van der Waals surface area contributed by atoms with E-state index in [1.807, 2.05) is 24.3 Å². The largest absolute Gasteiger partial charge is 0.497 e. The Kier molecular flexibility index (Phi) is 5.06. The van der Waals surface area contributed by atoms with Crippen LogP contribution in [0.15, 0.2) is 48.5 Å². The quantitative estimate of drug-likeness (QED) is 0.461. The molecule has 0 N–H and O–H groups in total. The zero-order valence-electron chi connectivity index (χ0n) is 15.2. The van der Waals surface area contributed by atoms with Gasteiger partial charge in [0.1, 0.15) is 10.8 Å². The summed E-state index contributed by atoms with van der Waals surface area (Å²) in [5, 5.41) is 13.4. The maximum atomic E-state index is 12.8. The second kappa shape index (κ2) is 7.67. The Hall–Kier alpha value is -3.20. The van der Waals surface area contributed by atoms with Crippen molar-refractivity contribution in [3.05, 3.63) is 76.1 Å². The maximum Gasteiger partial charge on any atom is 0.416 e. The predicted molar refractivity (Wildman–Crippen MR) is 105 cm³/mol. The van der Waals surface area contributed by atoms with E-state index in [9.17, 15) is 13.2 Å². The second-order valence-electron chi connectivity index (χ2n) is 6.23. The van der Waals surface area contributed by atoms with Crippen molar-refractivity contribution < 1.29 is 17.9 Å². The van der Waals surface area contributed by atoms with Gasteiger partial charge in [0, 0.05) is 6.42 Å². The standard InChI is InChI=1S/C20H15F3N4OS/c1-28-16-8-5-14(6-9-16)12-17-24-25-19-27(17)26-18(29-19)10-7-13-3-2-4-15(11-13)20(21,22)23/h2-11H,12H2,1H3. The molecule has 0 saturated heterocycles. The lowest BCUT2D eigenvalue weighted by Gasteiger charge is -2.06. The Morgan fingerprint density at radius 2 is 1.86 bits per heavy atom. The Morgan fingerprint density at radius 3 is 2.59 bits per heavy atom. The van der Waals surface area contributed by atoms with Crippen molar-refractivity contribution >= 4 is 28.4 Å². The zero-order valence-corrected chi connectivity index (χ0v) is 16.0. The first-order chi connectivity index (χ1) is 13.9. The minimum absolute atomic E-state index is 0.448. The van der Waals surface area contributed by atoms with Gasteiger partial charge in [-0.15, -0.1) is 10.2 Å². The monoisotopic (exact) mass is 416 g/mol. The number of halogens is 3. The summed E-state index contributed by atoms with van der Waals surface area (Å²) in [5.74, 6) is 1.45. The summed E-state index contributed by atoms with van der Waals surface area (Å²) in [5.41, 5.74) is 0.804. The first kappa shape index (κ1) is 19.1. The van der Waals surface area contributed by atoms with Gasteiger partial charge < -0.3 is 4.74 Å². The van der Waals surface area contributed by atoms with E-state index in [4.69, 9.17) is 4.74 Å². The Morgan fingerprint density at radius 1 is 1.07 bits per heavy atom. The molecule has 0 unspecified atom stereocenters. The van der Waals surface area contributed by atoms with Gasteiger partial charge in [0.25, 0.3) is 0 Å². The topological polar surface area (TPSA) is 52.3 Å². The molecule has 0 bridgehead atoms. The Balaban J connectivity index is 1.55. The fourth-order valence-corrected chi connectivity index (χ4v) is 3.52. The van der Waals surface area contributed by atoms with Crippen molar-refractivity contribution in [2.75, 3.05) is 7.11 Å². The number of nitrogens with zero attached hydrogens (tertiary/aromatic N) is 4. The highest BCUT2D eigenvalue weighted by Gasteiger charge is 2.30. The van der Waals surface area contributed by atoms with Crippen molar-refractivity contribution in [2.24, 2.45) is 0 Å². The number of alkyl halides is 3. The number of hydrogen-bond acceptors (Lipinski definition) is 5. The van der Waals surface area contributed by atoms with E-state index < -0.39 is 11.7 Å². The minimum Gasteiger partial charge on any atom is -0.497 e. The molecule has 4 rings (SSSR count). The molecule has 0 radical (unpaired) electrons. The van der Waals surface area contributed by atoms with Gasteiger partial charge in [-0.25, -0.2) is 0 Å². The molecular weight excluding hydrogens is 401 g/mol. The average Bonchev–Trinajstić information content (AvgIpc) is 3.28. The number of ether oxygens (including phenoxy) is 1. The third kappa shape index (κ3) is 4.29. The molecular formula is C20H15F3N4OS. The smallest absolute Gasteiger partial charge is 0.416 e. The lowest BCUT2D eigenvalue weighted by molar-refractivity contribution is -0.137. The van der Waals surface area contributed by atoms with Crippen LogP contribution in [0.4, 0.5) is 13.2 Å². The molecule has 9 heteroatoms. The van der Waals surface area contributed by atoms with Crippen LogP contribution in [-0.4, -0.2) is 26.9 Å². The van der Waals surface area contributed by atoms with Crippen LogP contribution in [0, 0.1) is 0 Å². The molecule has 0 aliphatic rings. The van der Waals surface area contributed by atoms with Crippen molar-refractivity contribution in [3.63, 3.8) is 0 Å². The molecule has 0 fully saturated rings. The molecule has 0 aliphatic carbocycles. The second-order valence-corrected chi connectivity index (χ2v) is 7.22. The summed E-state index contributed by atoms with van der Waals surface area (Å²) in [7, 11) is 1.61. The van der Waals surface area contributed by atoms with Crippen LogP contribution in [0.2, 0.25) is 0 Å². The van der Waals surface area contributed by atoms with Crippen molar-refractivity contribution in [1.29, 1.82) is 0 Å². The predicted octanol–water partition coefficient (Wildman–Crippen LogP) is 4.97. The van der Waals surface area contributed by atoms with E-state index in [-0.39, 0.29) is 0 Å². The summed E-state index contributed by atoms with van der Waals surface area (Å²) in [6.07, 6.45) is -0.546. The first-order valence-electron chi connectivity index (χ1n) is 8.62. The number of aromatic nitrogens is 4. The van der Waals surface area contributed by atoms with E-state index in [0.29, 0.717) is 27.8 Å². The summed E-state index contributed by atoms with van der Waals surface area (Å²) < 4.78 is 45.3. The molecule has 2 aromatic heterocycles. The lowest BCUT2D eigenvalue weighted by atomic mass is 10.1. The van der Waals surface area contributed by atoms with Crippen LogP contribution in [0.5, 0.6) is 5.75 Å². The van der Waals surface area contributed by atoms with Crippen molar-refractivity contribution in [3.8, 4) is 5.75 Å². The molecule has 2 heterocycles. The highest BCUT2D eigenvalue weighted by atomic mass is 32.1. The highest BCUT2D eigenvalue weighted by molar-refractivity contribution is 7.17. The van der Waals surface area contributed by atoms with E-state index in [1.165, 1.54) is 17.4 Å². The summed E-state index contributed by atoms with van der Waals surface area (Å²) >= 11 is 1.31. The number of hydrogen-bond donors (Lipinski definition) is 0. The lowest BCUT2D eigenvalue weighted by Crippen LogP contribution is -2.04. The number of fused-ring (bicyclic) bond motifs is 1. The van der Waals surface area contributed by atoms with Crippen LogP contribution >= 0.6 is 11.3 Å². The zero-order chi connectivity index (χ0) is 20.4. The summed E-state index contributed by atoms with van der Waals surface area (Å²) in [6.45, 7) is 0. The van der Waals surface area contributed by atoms with Crippen LogP contribution in [-0.2, 0) is 12.6 Å². The van der Waals surface area contributed by atoms with Crippen LogP contribution in [0.25, 0.3) is 17.1 Å². The molecule has 2 aromatic carbocycles. The van der Waals surface area contributed by atoms with Gasteiger partial charge in [0.15, 0.2) is 5.82 Å². The van der Waals surface area contributed by atoms with Crippen LogP contribution in [0.3, 0.4) is 0 Å². The number of methoxy groups -OCH3 is 1. The normalized spacial score (nSPS) is 12.1. The minimum atomic E-state index is -4.37. The van der Waals surface area contributed by atoms with Gasteiger partial charge >= 0.3 is 6.18 Å². The fourth-order valence-electron chi connectivity index (χ4n) is 2.76. The van der Waals surface area contributed by atoms with E-state index in [0.717, 1.165) is 23.4 Å². The number of rotatable bonds is 5. The van der Waals surface area contributed by atoms with E-state index >= 15 is 0 Å². The molecule has 0 atom stereocenters. The van der Waals surface area contributed by atoms with Gasteiger partial charge in [-0.2, -0.15) is 22.8 Å². The average molecular weight is 416 g/mol. The first-order valence-corrected chi connectivity index (χ1v) is 9.43. The van der Waals surface area contributed by atoms with Crippen LogP contribution in [0.1, 0.15) is 27.5 Å². The molecule has 5 nitrogen and oxygen atoms in total. The Bertz CT molecular complexity index is 1160. The molecule has 0 aliphatic heterocycles. The third-order valence-electron chi connectivity index (χ3n) is 4.22.